The Bertz CT molecular complexity index is 842. The average Bonchev–Trinajstić information content (AvgIpc) is 3.16. The van der Waals surface area contributed by atoms with E-state index in [0.717, 1.165) is 43.8 Å². The van der Waals surface area contributed by atoms with Gasteiger partial charge in [0.2, 0.25) is 11.8 Å². The Balaban J connectivity index is 1.31. The fraction of sp³-hybridized carbons (Fsp3) is 0.417. The first kappa shape index (κ1) is 19.5. The van der Waals surface area contributed by atoms with E-state index in [1.54, 1.807) is 12.0 Å². The molecular formula is C24H28N2O3. The number of rotatable bonds is 5. The highest BCUT2D eigenvalue weighted by Crippen LogP contribution is 2.29. The molecule has 2 amide bonds. The maximum Gasteiger partial charge on any atom is 0.228 e. The van der Waals surface area contributed by atoms with E-state index in [4.69, 9.17) is 4.74 Å². The van der Waals surface area contributed by atoms with Crippen LogP contribution in [0.2, 0.25) is 0 Å². The molecule has 2 saturated heterocycles. The number of benzene rings is 2. The van der Waals surface area contributed by atoms with Gasteiger partial charge in [-0.1, -0.05) is 30.3 Å². The molecule has 1 unspecified atom stereocenters. The Morgan fingerprint density at radius 1 is 1.03 bits per heavy atom. The first-order chi connectivity index (χ1) is 14.1. The van der Waals surface area contributed by atoms with Gasteiger partial charge in [-0.3, -0.25) is 9.59 Å². The minimum Gasteiger partial charge on any atom is -0.497 e. The molecule has 2 aromatic rings. The van der Waals surface area contributed by atoms with Crippen molar-refractivity contribution in [2.45, 2.75) is 25.7 Å². The van der Waals surface area contributed by atoms with Crippen LogP contribution in [0.3, 0.4) is 0 Å². The van der Waals surface area contributed by atoms with Crippen LogP contribution in [-0.2, 0) is 16.0 Å². The van der Waals surface area contributed by atoms with Gasteiger partial charge in [0.1, 0.15) is 5.75 Å². The first-order valence-corrected chi connectivity index (χ1v) is 10.4. The minimum atomic E-state index is -0.240. The molecule has 2 aliphatic rings. The largest absolute Gasteiger partial charge is 0.497 e. The number of amides is 2. The van der Waals surface area contributed by atoms with E-state index in [-0.39, 0.29) is 17.7 Å². The van der Waals surface area contributed by atoms with Crippen LogP contribution < -0.4 is 9.64 Å². The van der Waals surface area contributed by atoms with Crippen molar-refractivity contribution in [2.24, 2.45) is 11.8 Å². The molecule has 29 heavy (non-hydrogen) atoms. The second-order valence-corrected chi connectivity index (χ2v) is 8.06. The van der Waals surface area contributed by atoms with Gasteiger partial charge in [-0.05, 0) is 55.0 Å². The van der Waals surface area contributed by atoms with Gasteiger partial charge in [-0.2, -0.15) is 0 Å². The van der Waals surface area contributed by atoms with Crippen LogP contribution in [0.4, 0.5) is 5.69 Å². The Morgan fingerprint density at radius 2 is 1.72 bits per heavy atom. The molecule has 0 radical (unpaired) electrons. The fourth-order valence-corrected chi connectivity index (χ4v) is 4.45. The van der Waals surface area contributed by atoms with Gasteiger partial charge in [0.25, 0.3) is 0 Å². The standard InChI is InChI=1S/C24H28N2O3/c1-29-22-9-7-21(8-10-22)26-17-20(16-23(26)27)24(28)25-13-11-19(12-14-25)15-18-5-3-2-4-6-18/h2-10,19-20H,11-17H2,1H3. The van der Waals surface area contributed by atoms with Crippen molar-refractivity contribution < 1.29 is 14.3 Å². The molecule has 5 heteroatoms. The van der Waals surface area contributed by atoms with Crippen LogP contribution in [0.5, 0.6) is 5.75 Å². The molecule has 0 aliphatic carbocycles. The number of carbonyl (C=O) groups excluding carboxylic acids is 2. The number of hydrogen-bond donors (Lipinski definition) is 0. The van der Waals surface area contributed by atoms with Crippen LogP contribution in [0.1, 0.15) is 24.8 Å². The van der Waals surface area contributed by atoms with E-state index in [1.165, 1.54) is 5.56 Å². The molecule has 0 N–H and O–H groups in total. The lowest BCUT2D eigenvalue weighted by Crippen LogP contribution is -2.42. The highest BCUT2D eigenvalue weighted by atomic mass is 16.5. The third-order valence-corrected chi connectivity index (χ3v) is 6.15. The Labute approximate surface area is 172 Å². The Kier molecular flexibility index (Phi) is 5.84. The zero-order chi connectivity index (χ0) is 20.2. The summed E-state index contributed by atoms with van der Waals surface area (Å²) in [5.41, 5.74) is 2.20. The minimum absolute atomic E-state index is 0.0208. The number of ether oxygens (including phenoxy) is 1. The maximum absolute atomic E-state index is 13.0. The van der Waals surface area contributed by atoms with Crippen molar-refractivity contribution in [1.29, 1.82) is 0 Å². The number of hydrogen-bond acceptors (Lipinski definition) is 3. The molecule has 0 aromatic heterocycles. The Morgan fingerprint density at radius 3 is 2.38 bits per heavy atom. The zero-order valence-corrected chi connectivity index (χ0v) is 16.9. The van der Waals surface area contributed by atoms with Gasteiger partial charge < -0.3 is 14.5 Å². The molecule has 1 atom stereocenters. The number of anilines is 1. The quantitative estimate of drug-likeness (QED) is 0.782. The molecule has 0 saturated carbocycles. The topological polar surface area (TPSA) is 49.9 Å². The fourth-order valence-electron chi connectivity index (χ4n) is 4.45. The van der Waals surface area contributed by atoms with Gasteiger partial charge in [-0.25, -0.2) is 0 Å². The van der Waals surface area contributed by atoms with E-state index in [1.807, 2.05) is 35.2 Å². The number of likely N-dealkylation sites (tertiary alicyclic amines) is 1. The molecule has 2 aromatic carbocycles. The number of nitrogens with zero attached hydrogens (tertiary/aromatic N) is 2. The third-order valence-electron chi connectivity index (χ3n) is 6.15. The number of carbonyl (C=O) groups is 2. The first-order valence-electron chi connectivity index (χ1n) is 10.4. The smallest absolute Gasteiger partial charge is 0.228 e. The second kappa shape index (κ2) is 8.68. The molecule has 4 rings (SSSR count). The zero-order valence-electron chi connectivity index (χ0n) is 16.9. The van der Waals surface area contributed by atoms with E-state index < -0.39 is 0 Å². The summed E-state index contributed by atoms with van der Waals surface area (Å²) in [6.07, 6.45) is 3.44. The second-order valence-electron chi connectivity index (χ2n) is 8.06. The van der Waals surface area contributed by atoms with E-state index in [9.17, 15) is 9.59 Å². The van der Waals surface area contributed by atoms with E-state index in [2.05, 4.69) is 24.3 Å². The summed E-state index contributed by atoms with van der Waals surface area (Å²) in [4.78, 5) is 29.2. The Hall–Kier alpha value is -2.82. The van der Waals surface area contributed by atoms with Crippen LogP contribution in [0, 0.1) is 11.8 Å². The highest BCUT2D eigenvalue weighted by Gasteiger charge is 2.38. The van der Waals surface area contributed by atoms with Gasteiger partial charge in [0.15, 0.2) is 0 Å². The van der Waals surface area contributed by atoms with Crippen molar-refractivity contribution in [3.63, 3.8) is 0 Å². The number of methoxy groups -OCH3 is 1. The van der Waals surface area contributed by atoms with Gasteiger partial charge in [-0.15, -0.1) is 0 Å². The van der Waals surface area contributed by atoms with Crippen molar-refractivity contribution in [1.82, 2.24) is 4.90 Å². The summed E-state index contributed by atoms with van der Waals surface area (Å²) in [7, 11) is 1.62. The van der Waals surface area contributed by atoms with E-state index >= 15 is 0 Å². The normalized spacial score (nSPS) is 20.2. The van der Waals surface area contributed by atoms with E-state index in [0.29, 0.717) is 18.9 Å². The summed E-state index contributed by atoms with van der Waals surface area (Å²) in [5.74, 6) is 1.30. The van der Waals surface area contributed by atoms with Gasteiger partial charge >= 0.3 is 0 Å². The lowest BCUT2D eigenvalue weighted by atomic mass is 9.89. The van der Waals surface area contributed by atoms with Gasteiger partial charge in [0.05, 0.1) is 13.0 Å². The molecular weight excluding hydrogens is 364 g/mol. The summed E-state index contributed by atoms with van der Waals surface area (Å²) in [6, 6.07) is 18.0. The average molecular weight is 392 g/mol. The van der Waals surface area contributed by atoms with Crippen molar-refractivity contribution in [3.8, 4) is 5.75 Å². The lowest BCUT2D eigenvalue weighted by Gasteiger charge is -2.33. The van der Waals surface area contributed by atoms with Crippen LogP contribution in [0.25, 0.3) is 0 Å². The van der Waals surface area contributed by atoms with Crippen LogP contribution >= 0.6 is 0 Å². The highest BCUT2D eigenvalue weighted by molar-refractivity contribution is 6.00. The molecule has 5 nitrogen and oxygen atoms in total. The maximum atomic E-state index is 13.0. The van der Waals surface area contributed by atoms with Gasteiger partial charge in [0, 0.05) is 31.7 Å². The van der Waals surface area contributed by atoms with Crippen LogP contribution in [0.15, 0.2) is 54.6 Å². The summed E-state index contributed by atoms with van der Waals surface area (Å²) in [6.45, 7) is 2.06. The van der Waals surface area contributed by atoms with Crippen molar-refractivity contribution >= 4 is 17.5 Å². The molecule has 2 fully saturated rings. The predicted octanol–water partition coefficient (Wildman–Crippen LogP) is 3.53. The monoisotopic (exact) mass is 392 g/mol. The lowest BCUT2D eigenvalue weighted by molar-refractivity contribution is -0.137. The molecule has 0 bridgehead atoms. The molecule has 2 heterocycles. The summed E-state index contributed by atoms with van der Waals surface area (Å²) < 4.78 is 5.18. The molecule has 152 valence electrons. The summed E-state index contributed by atoms with van der Waals surface area (Å²) in [5, 5.41) is 0. The summed E-state index contributed by atoms with van der Waals surface area (Å²) >= 11 is 0. The van der Waals surface area contributed by atoms with Crippen molar-refractivity contribution in [2.75, 3.05) is 31.6 Å². The third kappa shape index (κ3) is 4.44. The molecule has 2 aliphatic heterocycles. The molecule has 0 spiro atoms. The van der Waals surface area contributed by atoms with Crippen LogP contribution in [-0.4, -0.2) is 43.5 Å². The SMILES string of the molecule is COc1ccc(N2CC(C(=O)N3CCC(Cc4ccccc4)CC3)CC2=O)cc1. The predicted molar refractivity (Wildman–Crippen MR) is 113 cm³/mol. The van der Waals surface area contributed by atoms with Crippen molar-refractivity contribution in [3.05, 3.63) is 60.2 Å². The number of piperidine rings is 1.